The van der Waals surface area contributed by atoms with Gasteiger partial charge in [0, 0.05) is 25.2 Å². The van der Waals surface area contributed by atoms with E-state index in [-0.39, 0.29) is 11.4 Å². The number of hydrogen-bond donors (Lipinski definition) is 2. The molecule has 1 aliphatic heterocycles. The van der Waals surface area contributed by atoms with E-state index in [1.54, 1.807) is 6.07 Å². The van der Waals surface area contributed by atoms with Gasteiger partial charge in [-0.15, -0.1) is 0 Å². The first-order valence-electron chi connectivity index (χ1n) is 8.62. The van der Waals surface area contributed by atoms with Crippen LogP contribution in [0.4, 0.5) is 0 Å². The van der Waals surface area contributed by atoms with Crippen molar-refractivity contribution in [2.45, 2.75) is 44.2 Å². The van der Waals surface area contributed by atoms with E-state index in [0.29, 0.717) is 24.4 Å². The third-order valence-corrected chi connectivity index (χ3v) is 5.16. The van der Waals surface area contributed by atoms with E-state index in [0.717, 1.165) is 39.1 Å². The largest absolute Gasteiger partial charge is 0.467 e. The van der Waals surface area contributed by atoms with Crippen LogP contribution in [0.5, 0.6) is 0 Å². The lowest BCUT2D eigenvalue weighted by Gasteiger charge is -2.48. The molecular formula is C17H27N3O3. The molecule has 0 spiro atoms. The summed E-state index contributed by atoms with van der Waals surface area (Å²) < 4.78 is 10.7. The van der Waals surface area contributed by atoms with Crippen LogP contribution in [0.2, 0.25) is 0 Å². The standard InChI is InChI=1S/C17H27N3O3/c18-11-15-10-14(12-23-15)16(21)19-13-17(4-2-1-3-5-17)20-6-8-22-9-7-20/h10,12H,1-9,11,13,18H2,(H,19,21). The second kappa shape index (κ2) is 7.47. The van der Waals surface area contributed by atoms with Crippen LogP contribution in [0.1, 0.15) is 48.2 Å². The van der Waals surface area contributed by atoms with Gasteiger partial charge in [-0.05, 0) is 18.9 Å². The van der Waals surface area contributed by atoms with Crippen molar-refractivity contribution in [2.24, 2.45) is 5.73 Å². The van der Waals surface area contributed by atoms with Gasteiger partial charge in [0.2, 0.25) is 0 Å². The summed E-state index contributed by atoms with van der Waals surface area (Å²) in [6, 6.07) is 1.72. The average molecular weight is 321 g/mol. The van der Waals surface area contributed by atoms with Crippen molar-refractivity contribution in [1.29, 1.82) is 0 Å². The molecule has 1 saturated heterocycles. The molecule has 2 aliphatic rings. The van der Waals surface area contributed by atoms with Crippen LogP contribution in [0, 0.1) is 0 Å². The minimum Gasteiger partial charge on any atom is -0.467 e. The molecule has 1 aromatic heterocycles. The molecule has 3 N–H and O–H groups in total. The van der Waals surface area contributed by atoms with E-state index < -0.39 is 0 Å². The van der Waals surface area contributed by atoms with Gasteiger partial charge in [0.15, 0.2) is 0 Å². The molecule has 1 saturated carbocycles. The van der Waals surface area contributed by atoms with E-state index in [9.17, 15) is 4.79 Å². The fourth-order valence-corrected chi connectivity index (χ4v) is 3.81. The van der Waals surface area contributed by atoms with Crippen molar-refractivity contribution in [1.82, 2.24) is 10.2 Å². The Hall–Kier alpha value is -1.37. The van der Waals surface area contributed by atoms with Crippen molar-refractivity contribution in [2.75, 3.05) is 32.8 Å². The molecule has 3 rings (SSSR count). The molecule has 2 fully saturated rings. The Morgan fingerprint density at radius 1 is 1.26 bits per heavy atom. The monoisotopic (exact) mass is 321 g/mol. The van der Waals surface area contributed by atoms with Gasteiger partial charge in [0.1, 0.15) is 12.0 Å². The summed E-state index contributed by atoms with van der Waals surface area (Å²) in [5.41, 5.74) is 6.16. The lowest BCUT2D eigenvalue weighted by molar-refractivity contribution is -0.0361. The van der Waals surface area contributed by atoms with Crippen molar-refractivity contribution in [3.05, 3.63) is 23.7 Å². The van der Waals surface area contributed by atoms with E-state index in [1.165, 1.54) is 25.5 Å². The summed E-state index contributed by atoms with van der Waals surface area (Å²) in [7, 11) is 0. The van der Waals surface area contributed by atoms with Gasteiger partial charge < -0.3 is 20.2 Å². The summed E-state index contributed by atoms with van der Waals surface area (Å²) in [6.45, 7) is 4.49. The fourth-order valence-electron chi connectivity index (χ4n) is 3.81. The van der Waals surface area contributed by atoms with Crippen molar-refractivity contribution < 1.29 is 13.9 Å². The zero-order valence-corrected chi connectivity index (χ0v) is 13.7. The molecule has 128 valence electrons. The molecule has 6 nitrogen and oxygen atoms in total. The number of amides is 1. The van der Waals surface area contributed by atoms with E-state index >= 15 is 0 Å². The van der Waals surface area contributed by atoms with Gasteiger partial charge in [-0.1, -0.05) is 19.3 Å². The van der Waals surface area contributed by atoms with Crippen LogP contribution in [-0.2, 0) is 11.3 Å². The SMILES string of the molecule is NCc1cc(C(=O)NCC2(N3CCOCC3)CCCCC2)co1. The van der Waals surface area contributed by atoms with Crippen molar-refractivity contribution in [3.63, 3.8) is 0 Å². The average Bonchev–Trinajstić information content (AvgIpc) is 3.10. The Balaban J connectivity index is 1.65. The van der Waals surface area contributed by atoms with Gasteiger partial charge in [-0.2, -0.15) is 0 Å². The Morgan fingerprint density at radius 3 is 2.65 bits per heavy atom. The molecule has 6 heteroatoms. The van der Waals surface area contributed by atoms with E-state index in [4.69, 9.17) is 14.9 Å². The number of hydrogen-bond acceptors (Lipinski definition) is 5. The normalized spacial score (nSPS) is 22.0. The molecule has 1 aliphatic carbocycles. The highest BCUT2D eigenvalue weighted by Gasteiger charge is 2.38. The number of carbonyl (C=O) groups is 1. The van der Waals surface area contributed by atoms with E-state index in [2.05, 4.69) is 10.2 Å². The molecular weight excluding hydrogens is 294 g/mol. The van der Waals surface area contributed by atoms with Crippen LogP contribution in [-0.4, -0.2) is 49.2 Å². The van der Waals surface area contributed by atoms with Gasteiger partial charge in [-0.3, -0.25) is 9.69 Å². The minimum atomic E-state index is -0.0772. The Labute approximate surface area is 137 Å². The number of nitrogens with two attached hydrogens (primary N) is 1. The predicted molar refractivity (Wildman–Crippen MR) is 87.1 cm³/mol. The fraction of sp³-hybridized carbons (Fsp3) is 0.706. The number of nitrogens with one attached hydrogen (secondary N) is 1. The van der Waals surface area contributed by atoms with Crippen LogP contribution in [0.15, 0.2) is 16.7 Å². The second-order valence-electron chi connectivity index (χ2n) is 6.57. The molecule has 1 aromatic rings. The predicted octanol–water partition coefficient (Wildman–Crippen LogP) is 1.50. The zero-order chi connectivity index (χ0) is 16.1. The molecule has 23 heavy (non-hydrogen) atoms. The summed E-state index contributed by atoms with van der Waals surface area (Å²) in [5.74, 6) is 0.558. The quantitative estimate of drug-likeness (QED) is 0.859. The number of carbonyl (C=O) groups excluding carboxylic acids is 1. The molecule has 0 atom stereocenters. The van der Waals surface area contributed by atoms with E-state index in [1.807, 2.05) is 0 Å². The first-order chi connectivity index (χ1) is 11.2. The zero-order valence-electron chi connectivity index (χ0n) is 13.7. The van der Waals surface area contributed by atoms with Crippen LogP contribution in [0.3, 0.4) is 0 Å². The Kier molecular flexibility index (Phi) is 5.35. The molecule has 0 bridgehead atoms. The summed E-state index contributed by atoms with van der Waals surface area (Å²) in [4.78, 5) is 14.9. The van der Waals surface area contributed by atoms with Crippen LogP contribution >= 0.6 is 0 Å². The topological polar surface area (TPSA) is 80.7 Å². The summed E-state index contributed by atoms with van der Waals surface area (Å²) >= 11 is 0. The smallest absolute Gasteiger partial charge is 0.254 e. The number of ether oxygens (including phenoxy) is 1. The highest BCUT2D eigenvalue weighted by molar-refractivity contribution is 5.94. The second-order valence-corrected chi connectivity index (χ2v) is 6.57. The minimum absolute atomic E-state index is 0.0772. The maximum absolute atomic E-state index is 12.4. The van der Waals surface area contributed by atoms with Crippen molar-refractivity contribution >= 4 is 5.91 Å². The molecule has 1 amide bonds. The van der Waals surface area contributed by atoms with Crippen molar-refractivity contribution in [3.8, 4) is 0 Å². The van der Waals surface area contributed by atoms with Gasteiger partial charge in [-0.25, -0.2) is 0 Å². The maximum Gasteiger partial charge on any atom is 0.254 e. The molecule has 0 unspecified atom stereocenters. The van der Waals surface area contributed by atoms with Crippen LogP contribution in [0.25, 0.3) is 0 Å². The lowest BCUT2D eigenvalue weighted by Crippen LogP contribution is -2.59. The highest BCUT2D eigenvalue weighted by atomic mass is 16.5. The number of furan rings is 1. The third-order valence-electron chi connectivity index (χ3n) is 5.16. The lowest BCUT2D eigenvalue weighted by atomic mass is 9.79. The first kappa shape index (κ1) is 16.5. The highest BCUT2D eigenvalue weighted by Crippen LogP contribution is 2.34. The van der Waals surface area contributed by atoms with Gasteiger partial charge in [0.05, 0.1) is 25.3 Å². The Bertz CT molecular complexity index is 517. The summed E-state index contributed by atoms with van der Waals surface area (Å²) in [5, 5.41) is 3.12. The Morgan fingerprint density at radius 2 is 2.00 bits per heavy atom. The third kappa shape index (κ3) is 3.76. The van der Waals surface area contributed by atoms with Gasteiger partial charge in [0.25, 0.3) is 5.91 Å². The number of rotatable bonds is 5. The van der Waals surface area contributed by atoms with Crippen LogP contribution < -0.4 is 11.1 Å². The molecule has 2 heterocycles. The molecule has 0 radical (unpaired) electrons. The summed E-state index contributed by atoms with van der Waals surface area (Å²) in [6.07, 6.45) is 7.54. The number of morpholine rings is 1. The maximum atomic E-state index is 12.4. The first-order valence-corrected chi connectivity index (χ1v) is 8.62. The van der Waals surface area contributed by atoms with Gasteiger partial charge >= 0.3 is 0 Å². The number of nitrogens with zero attached hydrogens (tertiary/aromatic N) is 1. The molecule has 0 aromatic carbocycles.